The Balaban J connectivity index is 1.65. The molecule has 0 aliphatic heterocycles. The number of nitrogen functional groups attached to an aromatic ring is 1. The van der Waals surface area contributed by atoms with E-state index in [0.717, 1.165) is 11.4 Å². The van der Waals surface area contributed by atoms with Gasteiger partial charge in [0.1, 0.15) is 17.8 Å². The molecule has 0 saturated heterocycles. The topological polar surface area (TPSA) is 92.0 Å². The Bertz CT molecular complexity index is 1030. The van der Waals surface area contributed by atoms with Crippen LogP contribution in [0.1, 0.15) is 0 Å². The third-order valence-corrected chi connectivity index (χ3v) is 4.33. The first-order valence-electron chi connectivity index (χ1n) is 8.86. The molecule has 0 fully saturated rings. The molecule has 4 N–H and O–H groups in total. The number of nitrogens with zero attached hydrogens (tertiary/aromatic N) is 4. The molecule has 2 aromatic carbocycles. The molecule has 0 aliphatic carbocycles. The standard InChI is InChI=1S/C21H18ClN7/c22-15-11-12-18(24-13-15)27-20-19(23)21(26-14-25-20)28-29(16-7-3-1-4-8-16)17-9-5-2-6-10-17/h1-14H,23H2,(H2,24,25,26,27,28). The highest BCUT2D eigenvalue weighted by Crippen LogP contribution is 2.30. The molecule has 144 valence electrons. The number of para-hydroxylation sites is 2. The number of rotatable bonds is 6. The van der Waals surface area contributed by atoms with Gasteiger partial charge in [-0.3, -0.25) is 10.4 Å². The first kappa shape index (κ1) is 18.5. The zero-order valence-electron chi connectivity index (χ0n) is 15.3. The summed E-state index contributed by atoms with van der Waals surface area (Å²) >= 11 is 5.89. The molecule has 29 heavy (non-hydrogen) atoms. The smallest absolute Gasteiger partial charge is 0.173 e. The third-order valence-electron chi connectivity index (χ3n) is 4.10. The SMILES string of the molecule is Nc1c(Nc2ccc(Cl)cn2)ncnc1NN(c1ccccc1)c1ccccc1. The minimum atomic E-state index is 0.362. The van der Waals surface area contributed by atoms with Gasteiger partial charge in [0.25, 0.3) is 0 Å². The second kappa shape index (κ2) is 8.45. The molecular formula is C21H18ClN7. The van der Waals surface area contributed by atoms with Crippen molar-refractivity contribution >= 4 is 46.1 Å². The number of pyridine rings is 1. The van der Waals surface area contributed by atoms with E-state index in [4.69, 9.17) is 17.3 Å². The second-order valence-electron chi connectivity index (χ2n) is 6.09. The highest BCUT2D eigenvalue weighted by molar-refractivity contribution is 6.30. The van der Waals surface area contributed by atoms with Gasteiger partial charge in [0.15, 0.2) is 11.6 Å². The van der Waals surface area contributed by atoms with E-state index in [1.54, 1.807) is 18.3 Å². The van der Waals surface area contributed by atoms with E-state index >= 15 is 0 Å². The molecule has 0 bridgehead atoms. The van der Waals surface area contributed by atoms with Crippen LogP contribution in [0.5, 0.6) is 0 Å². The fourth-order valence-corrected chi connectivity index (χ4v) is 2.81. The number of hydrogen-bond acceptors (Lipinski definition) is 7. The summed E-state index contributed by atoms with van der Waals surface area (Å²) in [7, 11) is 0. The van der Waals surface area contributed by atoms with Crippen molar-refractivity contribution in [2.75, 3.05) is 21.5 Å². The van der Waals surface area contributed by atoms with Gasteiger partial charge >= 0.3 is 0 Å². The van der Waals surface area contributed by atoms with E-state index in [-0.39, 0.29) is 0 Å². The predicted octanol–water partition coefficient (Wildman–Crippen LogP) is 5.02. The Labute approximate surface area is 173 Å². The zero-order chi connectivity index (χ0) is 20.1. The van der Waals surface area contributed by atoms with Gasteiger partial charge in [0.2, 0.25) is 0 Å². The molecule has 7 nitrogen and oxygen atoms in total. The molecule has 4 aromatic rings. The molecule has 2 aromatic heterocycles. The van der Waals surface area contributed by atoms with Gasteiger partial charge in [0, 0.05) is 6.20 Å². The van der Waals surface area contributed by atoms with Crippen LogP contribution in [0.25, 0.3) is 0 Å². The average molecular weight is 404 g/mol. The maximum Gasteiger partial charge on any atom is 0.173 e. The number of benzene rings is 2. The Hall–Kier alpha value is -3.84. The quantitative estimate of drug-likeness (QED) is 0.389. The molecule has 0 saturated carbocycles. The van der Waals surface area contributed by atoms with Gasteiger partial charge in [-0.15, -0.1) is 0 Å². The van der Waals surface area contributed by atoms with Gasteiger partial charge in [-0.05, 0) is 36.4 Å². The number of aromatic nitrogens is 3. The largest absolute Gasteiger partial charge is 0.393 e. The minimum Gasteiger partial charge on any atom is -0.393 e. The lowest BCUT2D eigenvalue weighted by Crippen LogP contribution is -2.26. The van der Waals surface area contributed by atoms with Crippen LogP contribution in [0.4, 0.5) is 34.5 Å². The van der Waals surface area contributed by atoms with Crippen molar-refractivity contribution < 1.29 is 0 Å². The van der Waals surface area contributed by atoms with E-state index in [9.17, 15) is 0 Å². The molecule has 0 unspecified atom stereocenters. The number of hydrazine groups is 1. The molecule has 4 rings (SSSR count). The highest BCUT2D eigenvalue weighted by atomic mass is 35.5. The summed E-state index contributed by atoms with van der Waals surface area (Å²) in [6.45, 7) is 0. The van der Waals surface area contributed by atoms with Crippen LogP contribution in [0.2, 0.25) is 5.02 Å². The van der Waals surface area contributed by atoms with Crippen molar-refractivity contribution in [3.63, 3.8) is 0 Å². The van der Waals surface area contributed by atoms with E-state index in [0.29, 0.717) is 28.2 Å². The minimum absolute atomic E-state index is 0.362. The number of halogens is 1. The van der Waals surface area contributed by atoms with Crippen LogP contribution in [0, 0.1) is 0 Å². The monoisotopic (exact) mass is 403 g/mol. The molecule has 0 aliphatic rings. The number of nitrogens with two attached hydrogens (primary N) is 1. The number of anilines is 6. The van der Waals surface area contributed by atoms with Crippen LogP contribution in [0.3, 0.4) is 0 Å². The van der Waals surface area contributed by atoms with Gasteiger partial charge in [-0.1, -0.05) is 48.0 Å². The highest BCUT2D eigenvalue weighted by Gasteiger charge is 2.14. The lowest BCUT2D eigenvalue weighted by atomic mass is 10.2. The van der Waals surface area contributed by atoms with Crippen LogP contribution in [-0.2, 0) is 0 Å². The number of hydrogen-bond donors (Lipinski definition) is 3. The molecule has 0 atom stereocenters. The van der Waals surface area contributed by atoms with E-state index < -0.39 is 0 Å². The third kappa shape index (κ3) is 4.36. The molecular weight excluding hydrogens is 386 g/mol. The van der Waals surface area contributed by atoms with Gasteiger partial charge in [0.05, 0.1) is 16.4 Å². The Morgan fingerprint density at radius 2 is 1.38 bits per heavy atom. The normalized spacial score (nSPS) is 10.4. The van der Waals surface area contributed by atoms with Gasteiger partial charge < -0.3 is 11.1 Å². The van der Waals surface area contributed by atoms with Crippen molar-refractivity contribution in [1.29, 1.82) is 0 Å². The van der Waals surface area contributed by atoms with Crippen LogP contribution in [-0.4, -0.2) is 15.0 Å². The first-order valence-corrected chi connectivity index (χ1v) is 9.24. The van der Waals surface area contributed by atoms with E-state index in [1.165, 1.54) is 6.33 Å². The zero-order valence-corrected chi connectivity index (χ0v) is 16.1. The first-order chi connectivity index (χ1) is 14.2. The summed E-state index contributed by atoms with van der Waals surface area (Å²) in [5.41, 5.74) is 11.9. The van der Waals surface area contributed by atoms with E-state index in [2.05, 4.69) is 25.7 Å². The molecule has 0 radical (unpaired) electrons. The Kier molecular flexibility index (Phi) is 5.40. The average Bonchev–Trinajstić information content (AvgIpc) is 2.77. The maximum absolute atomic E-state index is 6.34. The fourth-order valence-electron chi connectivity index (χ4n) is 2.69. The van der Waals surface area contributed by atoms with Crippen molar-refractivity contribution in [3.05, 3.63) is 90.3 Å². The molecule has 0 amide bonds. The summed E-state index contributed by atoms with van der Waals surface area (Å²) in [6.07, 6.45) is 2.98. The summed E-state index contributed by atoms with van der Waals surface area (Å²) in [5.74, 6) is 1.48. The summed E-state index contributed by atoms with van der Waals surface area (Å²) in [4.78, 5) is 12.8. The molecule has 0 spiro atoms. The van der Waals surface area contributed by atoms with Crippen LogP contribution in [0.15, 0.2) is 85.3 Å². The van der Waals surface area contributed by atoms with Crippen molar-refractivity contribution in [2.45, 2.75) is 0 Å². The maximum atomic E-state index is 6.34. The lowest BCUT2D eigenvalue weighted by molar-refractivity contribution is 1.09. The van der Waals surface area contributed by atoms with E-state index in [1.807, 2.05) is 65.7 Å². The van der Waals surface area contributed by atoms with Crippen LogP contribution >= 0.6 is 11.6 Å². The van der Waals surface area contributed by atoms with Crippen LogP contribution < -0.4 is 21.5 Å². The van der Waals surface area contributed by atoms with Crippen molar-refractivity contribution in [2.24, 2.45) is 0 Å². The molecule has 8 heteroatoms. The summed E-state index contributed by atoms with van der Waals surface area (Å²) in [5, 5.41) is 5.54. The summed E-state index contributed by atoms with van der Waals surface area (Å²) in [6, 6.07) is 23.3. The van der Waals surface area contributed by atoms with Crippen molar-refractivity contribution in [3.8, 4) is 0 Å². The predicted molar refractivity (Wildman–Crippen MR) is 118 cm³/mol. The summed E-state index contributed by atoms with van der Waals surface area (Å²) < 4.78 is 0. The molecule has 2 heterocycles. The Morgan fingerprint density at radius 1 is 0.759 bits per heavy atom. The Morgan fingerprint density at radius 3 is 1.97 bits per heavy atom. The van der Waals surface area contributed by atoms with Gasteiger partial charge in [-0.25, -0.2) is 15.0 Å². The lowest BCUT2D eigenvalue weighted by Gasteiger charge is -2.26. The number of nitrogens with one attached hydrogen (secondary N) is 2. The second-order valence-corrected chi connectivity index (χ2v) is 6.53. The fraction of sp³-hybridized carbons (Fsp3) is 0. The van der Waals surface area contributed by atoms with Crippen molar-refractivity contribution in [1.82, 2.24) is 15.0 Å². The van der Waals surface area contributed by atoms with Gasteiger partial charge in [-0.2, -0.15) is 0 Å².